The number of para-hydroxylation sites is 1. The van der Waals surface area contributed by atoms with Gasteiger partial charge in [0.1, 0.15) is 0 Å². The second-order valence-corrected chi connectivity index (χ2v) is 10.6. The van der Waals surface area contributed by atoms with Crippen LogP contribution in [0.15, 0.2) is 163 Å². The minimum atomic E-state index is -1.37. The highest BCUT2D eigenvalue weighted by atomic mass is 15.1. The van der Waals surface area contributed by atoms with Crippen molar-refractivity contribution in [1.29, 1.82) is 0 Å². The lowest BCUT2D eigenvalue weighted by atomic mass is 9.66. The molecule has 0 saturated carbocycles. The first-order valence-electron chi connectivity index (χ1n) is 23.7. The average Bonchev–Trinajstić information content (AvgIpc) is 3.22. The number of nitrogens with zero attached hydrogens (tertiary/aromatic N) is 1. The topological polar surface area (TPSA) is 3.24 Å². The van der Waals surface area contributed by atoms with Gasteiger partial charge < -0.3 is 4.90 Å². The zero-order valence-electron chi connectivity index (χ0n) is 43.5. The van der Waals surface area contributed by atoms with Crippen molar-refractivity contribution >= 4 is 27.8 Å². The van der Waals surface area contributed by atoms with Crippen LogP contribution in [-0.2, 0) is 5.41 Å². The Hall–Kier alpha value is -5.40. The van der Waals surface area contributed by atoms with E-state index >= 15 is 0 Å². The van der Waals surface area contributed by atoms with Crippen LogP contribution in [0.2, 0.25) is 0 Å². The minimum Gasteiger partial charge on any atom is -0.310 e. The van der Waals surface area contributed by atoms with Gasteiger partial charge in [0, 0.05) is 22.4 Å². The fraction of sp³-hybridized carbons (Fsp3) is 0.0698. The van der Waals surface area contributed by atoms with Crippen molar-refractivity contribution in [3.63, 3.8) is 0 Å². The van der Waals surface area contributed by atoms with E-state index in [9.17, 15) is 11.0 Å². The van der Waals surface area contributed by atoms with Gasteiger partial charge in [-0.1, -0.05) is 147 Å². The monoisotopic (exact) mass is 583 g/mol. The third kappa shape index (κ3) is 4.16. The summed E-state index contributed by atoms with van der Waals surface area (Å²) in [6.45, 7) is 3.39. The molecule has 1 aliphatic carbocycles. The van der Waals surface area contributed by atoms with Gasteiger partial charge in [-0.15, -0.1) is 0 Å². The Kier molecular flexibility index (Phi) is 3.00. The van der Waals surface area contributed by atoms with Crippen LogP contribution in [0.4, 0.5) is 17.1 Å². The Bertz CT molecular complexity index is 3210. The van der Waals surface area contributed by atoms with E-state index in [-0.39, 0.29) is 74.1 Å². The Morgan fingerprint density at radius 1 is 0.523 bits per heavy atom. The maximum atomic E-state index is 9.73. The molecular formula is C43H33N. The van der Waals surface area contributed by atoms with Crippen molar-refractivity contribution in [2.24, 2.45) is 0 Å². The molecule has 0 atom stereocenters. The van der Waals surface area contributed by atoms with E-state index in [4.69, 9.17) is 16.4 Å². The lowest BCUT2D eigenvalue weighted by molar-refractivity contribution is 0.647. The van der Waals surface area contributed by atoms with Crippen molar-refractivity contribution < 1.29 is 27.4 Å². The lowest BCUT2D eigenvalue weighted by Crippen LogP contribution is -2.25. The van der Waals surface area contributed by atoms with E-state index < -0.39 is 119 Å². The van der Waals surface area contributed by atoms with E-state index in [0.29, 0.717) is 5.56 Å². The Morgan fingerprint density at radius 3 is 2.11 bits per heavy atom. The van der Waals surface area contributed by atoms with Crippen LogP contribution < -0.4 is 4.90 Å². The molecule has 1 nitrogen and oxygen atoms in total. The van der Waals surface area contributed by atoms with Gasteiger partial charge in [-0.3, -0.25) is 0 Å². The van der Waals surface area contributed by atoms with Crippen molar-refractivity contribution in [2.75, 3.05) is 4.90 Å². The first-order valence-corrected chi connectivity index (χ1v) is 13.7. The number of fused-ring (bicyclic) bond motifs is 2. The molecule has 0 bridgehead atoms. The fourth-order valence-electron chi connectivity index (χ4n) is 5.83. The summed E-state index contributed by atoms with van der Waals surface area (Å²) < 4.78 is 179. The average molecular weight is 584 g/mol. The van der Waals surface area contributed by atoms with Gasteiger partial charge in [0.25, 0.3) is 0 Å². The van der Waals surface area contributed by atoms with Gasteiger partial charge in [0.05, 0.1) is 33.1 Å². The number of hydrogen-bond donors (Lipinski definition) is 0. The molecule has 7 aromatic carbocycles. The molecule has 0 heterocycles. The van der Waals surface area contributed by atoms with Crippen LogP contribution in [0.25, 0.3) is 44.2 Å². The highest BCUT2D eigenvalue weighted by Gasteiger charge is 2.37. The summed E-state index contributed by atoms with van der Waals surface area (Å²) in [4.78, 5) is 0.977. The van der Waals surface area contributed by atoms with Crippen molar-refractivity contribution in [2.45, 2.75) is 19.3 Å². The molecule has 0 spiro atoms. The Morgan fingerprint density at radius 2 is 1.27 bits per heavy atom. The number of hydrogen-bond acceptors (Lipinski definition) is 1. The zero-order chi connectivity index (χ0) is 47.1. The summed E-state index contributed by atoms with van der Waals surface area (Å²) in [6, 6.07) is -3.15. The molecule has 0 fully saturated rings. The third-order valence-electron chi connectivity index (χ3n) is 7.76. The van der Waals surface area contributed by atoms with E-state index in [1.807, 2.05) is 0 Å². The van der Waals surface area contributed by atoms with Crippen molar-refractivity contribution in [3.05, 3.63) is 174 Å². The molecular weight excluding hydrogens is 530 g/mol. The molecule has 8 rings (SSSR count). The molecule has 0 saturated heterocycles. The Labute approximate surface area is 287 Å². The molecule has 0 unspecified atom stereocenters. The van der Waals surface area contributed by atoms with Crippen LogP contribution in [-0.4, -0.2) is 0 Å². The minimum absolute atomic E-state index is 0.0197. The number of benzene rings is 7. The quantitative estimate of drug-likeness (QED) is 0.195. The fourth-order valence-corrected chi connectivity index (χ4v) is 5.83. The Balaban J connectivity index is 1.64. The van der Waals surface area contributed by atoms with Crippen molar-refractivity contribution in [1.82, 2.24) is 0 Å². The van der Waals surface area contributed by atoms with Crippen LogP contribution in [0.1, 0.15) is 52.4 Å². The first kappa shape index (κ1) is 12.7. The standard InChI is InChI=1S/C43H33N/c1-43(2)38-23-12-18-33-26-29-39(41(40(33)38)37-22-13-21-36(42(37)43)32-16-8-4-9-17-32)44(34-19-10-5-11-20-34)35-27-24-31(25-28-35)30-14-6-3-7-15-30/h3-29H,1-2H3/i5D,6D,7D,8D,9D,10D,12D,13D,14D,15D,16D,18D,20D,21D,22D,24D,25D,27D,28D,29D. The molecule has 0 amide bonds. The zero-order valence-corrected chi connectivity index (χ0v) is 23.5. The van der Waals surface area contributed by atoms with Gasteiger partial charge in [0.2, 0.25) is 0 Å². The molecule has 0 N–H and O–H groups in total. The predicted octanol–water partition coefficient (Wildman–Crippen LogP) is 11.9. The second kappa shape index (κ2) is 10.4. The molecule has 1 aliphatic rings. The smallest absolute Gasteiger partial charge is 0.0645 e. The van der Waals surface area contributed by atoms with Gasteiger partial charge in [-0.2, -0.15) is 0 Å². The summed E-state index contributed by atoms with van der Waals surface area (Å²) in [5, 5.41) is 0.161. The maximum Gasteiger partial charge on any atom is 0.0645 e. The summed E-state index contributed by atoms with van der Waals surface area (Å²) in [6.07, 6.45) is 0. The van der Waals surface area contributed by atoms with Crippen LogP contribution in [0.3, 0.4) is 0 Å². The first-order chi connectivity index (χ1) is 29.8. The number of rotatable bonds is 5. The van der Waals surface area contributed by atoms with E-state index in [0.717, 1.165) is 29.2 Å². The largest absolute Gasteiger partial charge is 0.310 e. The van der Waals surface area contributed by atoms with E-state index in [1.165, 1.54) is 18.2 Å². The number of anilines is 3. The molecule has 44 heavy (non-hydrogen) atoms. The lowest BCUT2D eigenvalue weighted by Gasteiger charge is -2.39. The molecule has 7 aromatic rings. The normalized spacial score (nSPS) is 19.3. The molecule has 0 aliphatic heterocycles. The van der Waals surface area contributed by atoms with Crippen LogP contribution >= 0.6 is 0 Å². The predicted molar refractivity (Wildman–Crippen MR) is 187 cm³/mol. The highest BCUT2D eigenvalue weighted by molar-refractivity contribution is 6.11. The van der Waals surface area contributed by atoms with E-state index in [1.54, 1.807) is 13.8 Å². The SMILES string of the molecule is [2H]c1cc([2H])c([2H])c(-c2c([2H])c([2H])c([2H])c3c2C(C)(C)c2cc([2H])c([2H])c4cc([2H])c(N(c5cc([2H])c([2H])cc5[2H])c5c([2H])c([2H])c(-c6c([2H])c([2H])cc([2H])c6[2H])c([2H])c5[2H])c-3c24)c1. The summed E-state index contributed by atoms with van der Waals surface area (Å²) >= 11 is 0. The third-order valence-corrected chi connectivity index (χ3v) is 7.76. The van der Waals surface area contributed by atoms with Crippen molar-refractivity contribution in [3.8, 4) is 33.4 Å². The maximum absolute atomic E-state index is 9.73. The van der Waals surface area contributed by atoms with Crippen LogP contribution in [0.5, 0.6) is 0 Å². The van der Waals surface area contributed by atoms with Gasteiger partial charge in [-0.05, 0) is 80.0 Å². The van der Waals surface area contributed by atoms with Crippen LogP contribution in [0, 0.1) is 0 Å². The summed E-state index contributed by atoms with van der Waals surface area (Å²) in [5.74, 6) is 0. The van der Waals surface area contributed by atoms with Gasteiger partial charge >= 0.3 is 0 Å². The molecule has 210 valence electrons. The van der Waals surface area contributed by atoms with E-state index in [2.05, 4.69) is 0 Å². The molecule has 0 aromatic heterocycles. The second-order valence-electron chi connectivity index (χ2n) is 10.6. The summed E-state index contributed by atoms with van der Waals surface area (Å²) in [5.41, 5.74) is -4.01. The molecule has 1 heteroatoms. The molecule has 0 radical (unpaired) electrons. The van der Waals surface area contributed by atoms with Gasteiger partial charge in [0.15, 0.2) is 0 Å². The summed E-state index contributed by atoms with van der Waals surface area (Å²) in [7, 11) is 0. The van der Waals surface area contributed by atoms with Gasteiger partial charge in [-0.25, -0.2) is 0 Å². The highest BCUT2D eigenvalue weighted by Crippen LogP contribution is 2.55.